The predicted molar refractivity (Wildman–Crippen MR) is 127 cm³/mol. The Bertz CT molecular complexity index is 831. The van der Waals surface area contributed by atoms with Crippen LogP contribution in [-0.2, 0) is 6.42 Å². The van der Waals surface area contributed by atoms with Crippen LogP contribution in [0.3, 0.4) is 0 Å². The minimum atomic E-state index is 0.0944. The van der Waals surface area contributed by atoms with Crippen LogP contribution >= 0.6 is 0 Å². The Morgan fingerprint density at radius 1 is 1.26 bits per heavy atom. The fraction of sp³-hybridized carbons (Fsp3) is 0.519. The number of carbonyl (C=O) groups is 1. The van der Waals surface area contributed by atoms with E-state index in [2.05, 4.69) is 36.6 Å². The predicted octanol–water partition coefficient (Wildman–Crippen LogP) is 5.63. The average molecular weight is 424 g/mol. The summed E-state index contributed by atoms with van der Waals surface area (Å²) in [6.45, 7) is 11.7. The SMILES string of the molecule is C=C/C=C(\C=C/C)CN1CCC(CC2Cc3cc(OC)c(OCCC)cc3C2=O)CC1. The molecule has 1 aliphatic heterocycles. The number of methoxy groups -OCH3 is 1. The zero-order valence-corrected chi connectivity index (χ0v) is 19.4. The van der Waals surface area contributed by atoms with E-state index in [1.807, 2.05) is 25.1 Å². The molecular formula is C27H37NO3. The van der Waals surface area contributed by atoms with Gasteiger partial charge >= 0.3 is 0 Å². The first-order valence-electron chi connectivity index (χ1n) is 11.6. The Hall–Kier alpha value is -2.33. The minimum Gasteiger partial charge on any atom is -0.493 e. The normalized spacial score (nSPS) is 20.3. The third-order valence-corrected chi connectivity index (χ3v) is 6.40. The minimum absolute atomic E-state index is 0.0944. The van der Waals surface area contributed by atoms with Gasteiger partial charge in [-0.2, -0.15) is 0 Å². The number of Topliss-reactive ketones (excluding diaryl/α,β-unsaturated/α-hetero) is 1. The number of carbonyl (C=O) groups excluding carboxylic acids is 1. The number of fused-ring (bicyclic) bond motifs is 1. The van der Waals surface area contributed by atoms with Crippen LogP contribution in [0.4, 0.5) is 0 Å². The first-order chi connectivity index (χ1) is 15.1. The molecule has 0 spiro atoms. The van der Waals surface area contributed by atoms with Gasteiger partial charge in [0.1, 0.15) is 0 Å². The molecule has 4 heteroatoms. The van der Waals surface area contributed by atoms with Crippen LogP contribution in [0.1, 0.15) is 55.5 Å². The molecule has 1 fully saturated rings. The molecule has 2 aliphatic rings. The largest absolute Gasteiger partial charge is 0.493 e. The lowest BCUT2D eigenvalue weighted by molar-refractivity contribution is 0.0899. The molecule has 1 aromatic rings. The molecule has 31 heavy (non-hydrogen) atoms. The molecular weight excluding hydrogens is 386 g/mol. The van der Waals surface area contributed by atoms with E-state index in [1.54, 1.807) is 7.11 Å². The molecule has 0 N–H and O–H groups in total. The molecule has 1 saturated heterocycles. The Labute approximate surface area is 187 Å². The molecule has 0 aromatic heterocycles. The first-order valence-corrected chi connectivity index (χ1v) is 11.6. The van der Waals surface area contributed by atoms with Crippen LogP contribution in [0.5, 0.6) is 11.5 Å². The zero-order valence-electron chi connectivity index (χ0n) is 19.4. The molecule has 0 amide bonds. The molecule has 0 radical (unpaired) electrons. The van der Waals surface area contributed by atoms with Gasteiger partial charge in [-0.25, -0.2) is 0 Å². The lowest BCUT2D eigenvalue weighted by atomic mass is 9.85. The maximum Gasteiger partial charge on any atom is 0.166 e. The standard InChI is InChI=1S/C27H37NO3/c1-5-8-21(9-6-2)19-28-12-10-20(11-13-28)15-23-16-22-17-25(30-4)26(31-14-7-3)18-24(22)27(23)29/h5-6,8-9,17-18,20,23H,1,7,10-16,19H2,2-4H3/b9-6-,21-8+. The molecule has 1 atom stereocenters. The lowest BCUT2D eigenvalue weighted by Crippen LogP contribution is -2.35. The molecule has 0 bridgehead atoms. The van der Waals surface area contributed by atoms with Crippen molar-refractivity contribution in [3.8, 4) is 11.5 Å². The van der Waals surface area contributed by atoms with E-state index in [4.69, 9.17) is 9.47 Å². The number of rotatable bonds is 10. The van der Waals surface area contributed by atoms with Gasteiger partial charge in [-0.05, 0) is 81.3 Å². The number of hydrogen-bond donors (Lipinski definition) is 0. The van der Waals surface area contributed by atoms with Gasteiger partial charge in [0.2, 0.25) is 0 Å². The van der Waals surface area contributed by atoms with Crippen molar-refractivity contribution >= 4 is 5.78 Å². The summed E-state index contributed by atoms with van der Waals surface area (Å²) in [7, 11) is 1.66. The third-order valence-electron chi connectivity index (χ3n) is 6.40. The van der Waals surface area contributed by atoms with E-state index in [1.165, 1.54) is 5.57 Å². The molecule has 1 heterocycles. The van der Waals surface area contributed by atoms with Gasteiger partial charge in [-0.3, -0.25) is 9.69 Å². The summed E-state index contributed by atoms with van der Waals surface area (Å²) in [5, 5.41) is 0. The summed E-state index contributed by atoms with van der Waals surface area (Å²) in [6, 6.07) is 3.92. The fourth-order valence-corrected chi connectivity index (χ4v) is 4.82. The van der Waals surface area contributed by atoms with Gasteiger partial charge < -0.3 is 9.47 Å². The van der Waals surface area contributed by atoms with Crippen molar-refractivity contribution in [2.24, 2.45) is 11.8 Å². The Kier molecular flexibility index (Phi) is 8.53. The third kappa shape index (κ3) is 5.88. The van der Waals surface area contributed by atoms with Crippen molar-refractivity contribution in [1.82, 2.24) is 4.90 Å². The Morgan fingerprint density at radius 2 is 2.03 bits per heavy atom. The molecule has 1 unspecified atom stereocenters. The zero-order chi connectivity index (χ0) is 22.2. The van der Waals surface area contributed by atoms with Crippen molar-refractivity contribution in [3.05, 3.63) is 59.7 Å². The molecule has 168 valence electrons. The van der Waals surface area contributed by atoms with Crippen LogP contribution in [0.2, 0.25) is 0 Å². The van der Waals surface area contributed by atoms with E-state index < -0.39 is 0 Å². The second-order valence-electron chi connectivity index (χ2n) is 8.71. The van der Waals surface area contributed by atoms with Crippen LogP contribution in [0, 0.1) is 11.8 Å². The summed E-state index contributed by atoms with van der Waals surface area (Å²) in [4.78, 5) is 15.6. The molecule has 4 nitrogen and oxygen atoms in total. The number of nitrogens with zero attached hydrogens (tertiary/aromatic N) is 1. The van der Waals surface area contributed by atoms with Crippen molar-refractivity contribution in [1.29, 1.82) is 0 Å². The molecule has 1 aliphatic carbocycles. The van der Waals surface area contributed by atoms with E-state index in [-0.39, 0.29) is 11.7 Å². The Balaban J connectivity index is 1.57. The van der Waals surface area contributed by atoms with E-state index in [9.17, 15) is 4.79 Å². The summed E-state index contributed by atoms with van der Waals surface area (Å²) >= 11 is 0. The first kappa shape index (κ1) is 23.3. The molecule has 3 rings (SSSR count). The maximum atomic E-state index is 13.1. The second-order valence-corrected chi connectivity index (χ2v) is 8.71. The van der Waals surface area contributed by atoms with E-state index >= 15 is 0 Å². The number of ether oxygens (including phenoxy) is 2. The summed E-state index contributed by atoms with van der Waals surface area (Å²) in [5.41, 5.74) is 3.24. The topological polar surface area (TPSA) is 38.8 Å². The average Bonchev–Trinajstić information content (AvgIpc) is 3.07. The maximum absolute atomic E-state index is 13.1. The highest BCUT2D eigenvalue weighted by Gasteiger charge is 2.34. The number of hydrogen-bond acceptors (Lipinski definition) is 4. The van der Waals surface area contributed by atoms with Gasteiger partial charge in [0, 0.05) is 18.0 Å². The van der Waals surface area contributed by atoms with Gasteiger partial charge in [0.15, 0.2) is 17.3 Å². The summed E-state index contributed by atoms with van der Waals surface area (Å²) < 4.78 is 11.3. The van der Waals surface area contributed by atoms with Gasteiger partial charge in [0.25, 0.3) is 0 Å². The lowest BCUT2D eigenvalue weighted by Gasteiger charge is -2.33. The summed E-state index contributed by atoms with van der Waals surface area (Å²) in [6.07, 6.45) is 13.2. The summed E-state index contributed by atoms with van der Waals surface area (Å²) in [5.74, 6) is 2.42. The van der Waals surface area contributed by atoms with Gasteiger partial charge in [-0.1, -0.05) is 37.8 Å². The highest BCUT2D eigenvalue weighted by atomic mass is 16.5. The number of piperidine rings is 1. The number of ketones is 1. The van der Waals surface area contributed by atoms with Crippen molar-refractivity contribution in [2.75, 3.05) is 33.4 Å². The van der Waals surface area contributed by atoms with E-state index in [0.29, 0.717) is 18.3 Å². The number of likely N-dealkylation sites (tertiary alicyclic amines) is 1. The monoisotopic (exact) mass is 423 g/mol. The quantitative estimate of drug-likeness (QED) is 0.457. The van der Waals surface area contributed by atoms with Crippen LogP contribution in [-0.4, -0.2) is 44.0 Å². The number of benzene rings is 1. The van der Waals surface area contributed by atoms with Crippen molar-refractivity contribution in [2.45, 2.75) is 46.0 Å². The van der Waals surface area contributed by atoms with Crippen LogP contribution in [0.25, 0.3) is 0 Å². The fourth-order valence-electron chi connectivity index (χ4n) is 4.82. The smallest absolute Gasteiger partial charge is 0.166 e. The molecule has 0 saturated carbocycles. The van der Waals surface area contributed by atoms with Gasteiger partial charge in [0.05, 0.1) is 13.7 Å². The molecule has 1 aromatic carbocycles. The second kappa shape index (κ2) is 11.3. The Morgan fingerprint density at radius 3 is 2.68 bits per heavy atom. The number of allylic oxidation sites excluding steroid dienone is 3. The van der Waals surface area contributed by atoms with Gasteiger partial charge in [-0.15, -0.1) is 0 Å². The van der Waals surface area contributed by atoms with E-state index in [0.717, 1.165) is 68.6 Å². The highest BCUT2D eigenvalue weighted by molar-refractivity contribution is 6.02. The van der Waals surface area contributed by atoms with Crippen LogP contribution in [0.15, 0.2) is 48.6 Å². The van der Waals surface area contributed by atoms with Crippen molar-refractivity contribution in [3.63, 3.8) is 0 Å². The van der Waals surface area contributed by atoms with Crippen molar-refractivity contribution < 1.29 is 14.3 Å². The highest BCUT2D eigenvalue weighted by Crippen LogP contribution is 2.39. The van der Waals surface area contributed by atoms with Crippen LogP contribution < -0.4 is 9.47 Å².